The standard InChI is InChI=1S/C26H31ClN4O4S/c1-16(2)13-24(33)30-14-19(20(15-30)29-26(35)21-10-11-22(27)36-21)28-25(34)17-6-8-18(9-7-17)31-12-4-3-5-23(31)32/h6-11,16,19-20H,3-5,12-15H2,1-2H3,(H,28,34)(H,29,35)/t19-,20+/m0/s1. The number of hydrogen-bond acceptors (Lipinski definition) is 5. The van der Waals surface area contributed by atoms with E-state index in [4.69, 9.17) is 11.6 Å². The van der Waals surface area contributed by atoms with Crippen LogP contribution in [0.4, 0.5) is 5.69 Å². The number of anilines is 1. The van der Waals surface area contributed by atoms with E-state index >= 15 is 0 Å². The quantitative estimate of drug-likeness (QED) is 0.570. The number of carbonyl (C=O) groups excluding carboxylic acids is 4. The average Bonchev–Trinajstić information content (AvgIpc) is 3.45. The molecule has 2 atom stereocenters. The Morgan fingerprint density at radius 3 is 2.25 bits per heavy atom. The van der Waals surface area contributed by atoms with Crippen LogP contribution in [0.2, 0.25) is 4.34 Å². The summed E-state index contributed by atoms with van der Waals surface area (Å²) in [5, 5.41) is 5.97. The van der Waals surface area contributed by atoms with Gasteiger partial charge in [0.1, 0.15) is 0 Å². The number of likely N-dealkylation sites (tertiary alicyclic amines) is 1. The second-order valence-corrected chi connectivity index (χ2v) is 11.4. The Kier molecular flexibility index (Phi) is 8.31. The maximum atomic E-state index is 13.1. The maximum absolute atomic E-state index is 13.1. The normalized spacial score (nSPS) is 20.1. The van der Waals surface area contributed by atoms with Crippen molar-refractivity contribution >= 4 is 52.3 Å². The van der Waals surface area contributed by atoms with E-state index in [1.54, 1.807) is 46.2 Å². The molecule has 0 unspecified atom stereocenters. The van der Waals surface area contributed by atoms with Crippen LogP contribution >= 0.6 is 22.9 Å². The minimum absolute atomic E-state index is 0.00397. The fourth-order valence-electron chi connectivity index (χ4n) is 4.58. The van der Waals surface area contributed by atoms with Gasteiger partial charge >= 0.3 is 0 Å². The van der Waals surface area contributed by atoms with Gasteiger partial charge in [-0.3, -0.25) is 19.2 Å². The van der Waals surface area contributed by atoms with E-state index in [1.165, 1.54) is 11.3 Å². The number of carbonyl (C=O) groups is 4. The number of thiophene rings is 1. The zero-order valence-corrected chi connectivity index (χ0v) is 22.0. The molecule has 0 bridgehead atoms. The minimum atomic E-state index is -0.448. The number of piperidine rings is 1. The van der Waals surface area contributed by atoms with Gasteiger partial charge in [0.2, 0.25) is 11.8 Å². The molecule has 0 saturated carbocycles. The van der Waals surface area contributed by atoms with Crippen molar-refractivity contribution in [2.45, 2.75) is 51.6 Å². The molecule has 2 aliphatic rings. The van der Waals surface area contributed by atoms with Crippen molar-refractivity contribution in [2.75, 3.05) is 24.5 Å². The third-order valence-corrected chi connectivity index (χ3v) is 7.68. The average molecular weight is 531 g/mol. The monoisotopic (exact) mass is 530 g/mol. The number of rotatable bonds is 7. The molecule has 2 saturated heterocycles. The molecular weight excluding hydrogens is 500 g/mol. The number of nitrogens with one attached hydrogen (secondary N) is 2. The van der Waals surface area contributed by atoms with Gasteiger partial charge < -0.3 is 20.4 Å². The number of hydrogen-bond donors (Lipinski definition) is 2. The van der Waals surface area contributed by atoms with E-state index in [9.17, 15) is 19.2 Å². The highest BCUT2D eigenvalue weighted by atomic mass is 35.5. The van der Waals surface area contributed by atoms with Crippen LogP contribution in [0.25, 0.3) is 0 Å². The summed E-state index contributed by atoms with van der Waals surface area (Å²) in [5.74, 6) is -0.285. The van der Waals surface area contributed by atoms with Crippen molar-refractivity contribution in [1.82, 2.24) is 15.5 Å². The Bertz CT molecular complexity index is 1130. The van der Waals surface area contributed by atoms with Crippen molar-refractivity contribution in [3.05, 3.63) is 51.2 Å². The van der Waals surface area contributed by atoms with Crippen LogP contribution < -0.4 is 15.5 Å². The summed E-state index contributed by atoms with van der Waals surface area (Å²) < 4.78 is 0.514. The summed E-state index contributed by atoms with van der Waals surface area (Å²) in [6.45, 7) is 5.27. The summed E-state index contributed by atoms with van der Waals surface area (Å²) in [4.78, 5) is 54.7. The minimum Gasteiger partial charge on any atom is -0.345 e. The van der Waals surface area contributed by atoms with E-state index < -0.39 is 12.1 Å². The first-order valence-corrected chi connectivity index (χ1v) is 13.5. The second kappa shape index (κ2) is 11.4. The Morgan fingerprint density at radius 1 is 1.00 bits per heavy atom. The molecule has 10 heteroatoms. The molecule has 0 radical (unpaired) electrons. The van der Waals surface area contributed by atoms with E-state index in [-0.39, 0.29) is 29.5 Å². The summed E-state index contributed by atoms with van der Waals surface area (Å²) in [6.07, 6.45) is 2.82. The summed E-state index contributed by atoms with van der Waals surface area (Å²) >= 11 is 7.15. The Balaban J connectivity index is 1.45. The molecule has 0 aliphatic carbocycles. The lowest BCUT2D eigenvalue weighted by Gasteiger charge is -2.27. The highest BCUT2D eigenvalue weighted by Crippen LogP contribution is 2.23. The lowest BCUT2D eigenvalue weighted by Crippen LogP contribution is -2.50. The fraction of sp³-hybridized carbons (Fsp3) is 0.462. The van der Waals surface area contributed by atoms with Gasteiger partial charge in [-0.1, -0.05) is 25.4 Å². The van der Waals surface area contributed by atoms with Crippen LogP contribution in [0.5, 0.6) is 0 Å². The predicted octanol–water partition coefficient (Wildman–Crippen LogP) is 3.70. The van der Waals surface area contributed by atoms with Crippen molar-refractivity contribution in [2.24, 2.45) is 5.92 Å². The number of nitrogens with zero attached hydrogens (tertiary/aromatic N) is 2. The molecule has 1 aromatic carbocycles. The molecule has 192 valence electrons. The lowest BCUT2D eigenvalue weighted by molar-refractivity contribution is -0.131. The fourth-order valence-corrected chi connectivity index (χ4v) is 5.52. The van der Waals surface area contributed by atoms with E-state index in [1.807, 2.05) is 13.8 Å². The zero-order chi connectivity index (χ0) is 25.8. The summed E-state index contributed by atoms with van der Waals surface area (Å²) in [7, 11) is 0. The predicted molar refractivity (Wildman–Crippen MR) is 141 cm³/mol. The van der Waals surface area contributed by atoms with Crippen molar-refractivity contribution < 1.29 is 19.2 Å². The first-order chi connectivity index (χ1) is 17.2. The summed E-state index contributed by atoms with van der Waals surface area (Å²) in [5.41, 5.74) is 1.23. The van der Waals surface area contributed by atoms with Gasteiger partial charge in [0.15, 0.2) is 0 Å². The van der Waals surface area contributed by atoms with E-state index in [0.717, 1.165) is 18.5 Å². The SMILES string of the molecule is CC(C)CC(=O)N1C[C@H](NC(=O)c2ccc(N3CCCCC3=O)cc2)[C@H](NC(=O)c2ccc(Cl)s2)C1. The molecule has 2 aromatic rings. The second-order valence-electron chi connectivity index (χ2n) is 9.71. The highest BCUT2D eigenvalue weighted by molar-refractivity contribution is 7.18. The molecule has 2 N–H and O–H groups in total. The number of benzene rings is 1. The third kappa shape index (κ3) is 6.25. The lowest BCUT2D eigenvalue weighted by atomic mass is 10.1. The van der Waals surface area contributed by atoms with Crippen molar-refractivity contribution in [1.29, 1.82) is 0 Å². The number of halogens is 1. The molecular formula is C26H31ClN4O4S. The summed E-state index contributed by atoms with van der Waals surface area (Å²) in [6, 6.07) is 9.39. The van der Waals surface area contributed by atoms with Crippen LogP contribution in [0.3, 0.4) is 0 Å². The van der Waals surface area contributed by atoms with Crippen molar-refractivity contribution in [3.8, 4) is 0 Å². The van der Waals surface area contributed by atoms with Crippen LogP contribution in [0.1, 0.15) is 59.6 Å². The van der Waals surface area contributed by atoms with E-state index in [2.05, 4.69) is 10.6 Å². The first-order valence-electron chi connectivity index (χ1n) is 12.3. The first kappa shape index (κ1) is 26.2. The third-order valence-electron chi connectivity index (χ3n) is 6.45. The Morgan fingerprint density at radius 2 is 1.67 bits per heavy atom. The molecule has 2 aliphatic heterocycles. The molecule has 2 fully saturated rings. The zero-order valence-electron chi connectivity index (χ0n) is 20.5. The van der Waals surface area contributed by atoms with E-state index in [0.29, 0.717) is 47.3 Å². The van der Waals surface area contributed by atoms with Gasteiger partial charge in [-0.15, -0.1) is 11.3 Å². The van der Waals surface area contributed by atoms with Crippen LogP contribution in [-0.4, -0.2) is 60.2 Å². The molecule has 4 amide bonds. The molecule has 4 rings (SSSR count). The Labute approximate surface area is 220 Å². The van der Waals surface area contributed by atoms with Crippen molar-refractivity contribution in [3.63, 3.8) is 0 Å². The maximum Gasteiger partial charge on any atom is 0.261 e. The van der Waals surface area contributed by atoms with Crippen LogP contribution in [0.15, 0.2) is 36.4 Å². The molecule has 1 aromatic heterocycles. The smallest absolute Gasteiger partial charge is 0.261 e. The van der Waals surface area contributed by atoms with Gasteiger partial charge in [0, 0.05) is 43.7 Å². The highest BCUT2D eigenvalue weighted by Gasteiger charge is 2.37. The Hall–Kier alpha value is -2.91. The topological polar surface area (TPSA) is 98.8 Å². The molecule has 36 heavy (non-hydrogen) atoms. The van der Waals surface area contributed by atoms with Gasteiger partial charge in [0.25, 0.3) is 11.8 Å². The van der Waals surface area contributed by atoms with Gasteiger partial charge in [-0.2, -0.15) is 0 Å². The van der Waals surface area contributed by atoms with Crippen LogP contribution in [0, 0.1) is 5.92 Å². The van der Waals surface area contributed by atoms with Crippen LogP contribution in [-0.2, 0) is 9.59 Å². The molecule has 3 heterocycles. The largest absolute Gasteiger partial charge is 0.345 e. The molecule has 0 spiro atoms. The van der Waals surface area contributed by atoms with Gasteiger partial charge in [-0.05, 0) is 55.2 Å². The van der Waals surface area contributed by atoms with Gasteiger partial charge in [0.05, 0.1) is 21.3 Å². The number of amides is 4. The molecule has 8 nitrogen and oxygen atoms in total. The van der Waals surface area contributed by atoms with Gasteiger partial charge in [-0.25, -0.2) is 0 Å².